The minimum Gasteiger partial charge on any atom is -0.490 e. The molecule has 0 atom stereocenters. The van der Waals surface area contributed by atoms with Gasteiger partial charge in [-0.15, -0.1) is 0 Å². The number of hydrogen-bond acceptors (Lipinski definition) is 4. The van der Waals surface area contributed by atoms with Gasteiger partial charge in [0.05, 0.1) is 18.2 Å². The van der Waals surface area contributed by atoms with E-state index in [2.05, 4.69) is 12.1 Å². The Hall–Kier alpha value is -2.73. The van der Waals surface area contributed by atoms with Crippen molar-refractivity contribution >= 4 is 23.4 Å². The van der Waals surface area contributed by atoms with Crippen molar-refractivity contribution in [2.45, 2.75) is 39.5 Å². The minimum atomic E-state index is -0.115. The fraction of sp³-hybridized carbons (Fsp3) is 0.462. The molecule has 0 spiro atoms. The summed E-state index contributed by atoms with van der Waals surface area (Å²) in [4.78, 5) is 29.3. The van der Waals surface area contributed by atoms with Crippen molar-refractivity contribution in [2.75, 3.05) is 39.4 Å². The second-order valence-electron chi connectivity index (χ2n) is 8.08. The first-order chi connectivity index (χ1) is 16.0. The van der Waals surface area contributed by atoms with Crippen molar-refractivity contribution in [2.24, 2.45) is 0 Å². The molecule has 33 heavy (non-hydrogen) atoms. The van der Waals surface area contributed by atoms with Crippen molar-refractivity contribution < 1.29 is 19.1 Å². The standard InChI is InChI=1S/C26H33ClN2O4/c1-3-17-33-25-22(27)18-21(19-23(25)32-4-2)26(31)29-15-13-28(14-16-29)24(30)12-8-11-20-9-6-5-7-10-20/h5-7,9-10,18-19H,3-4,8,11-17H2,1-2H3. The summed E-state index contributed by atoms with van der Waals surface area (Å²) in [7, 11) is 0. The lowest BCUT2D eigenvalue weighted by molar-refractivity contribution is -0.132. The van der Waals surface area contributed by atoms with Gasteiger partial charge < -0.3 is 19.3 Å². The highest BCUT2D eigenvalue weighted by Gasteiger charge is 2.26. The summed E-state index contributed by atoms with van der Waals surface area (Å²) < 4.78 is 11.4. The normalized spacial score (nSPS) is 13.7. The third-order valence-corrected chi connectivity index (χ3v) is 5.91. The van der Waals surface area contributed by atoms with Crippen LogP contribution in [0.2, 0.25) is 5.02 Å². The smallest absolute Gasteiger partial charge is 0.254 e. The Balaban J connectivity index is 1.54. The van der Waals surface area contributed by atoms with Crippen molar-refractivity contribution in [3.8, 4) is 11.5 Å². The topological polar surface area (TPSA) is 59.1 Å². The number of benzene rings is 2. The van der Waals surface area contributed by atoms with Crippen LogP contribution in [0.1, 0.15) is 49.0 Å². The second-order valence-corrected chi connectivity index (χ2v) is 8.49. The van der Waals surface area contributed by atoms with E-state index in [0.717, 1.165) is 19.3 Å². The summed E-state index contributed by atoms with van der Waals surface area (Å²) in [6.45, 7) is 6.94. The van der Waals surface area contributed by atoms with Gasteiger partial charge in [-0.25, -0.2) is 0 Å². The zero-order valence-electron chi connectivity index (χ0n) is 19.5. The Morgan fingerprint density at radius 1 is 0.970 bits per heavy atom. The largest absolute Gasteiger partial charge is 0.490 e. The van der Waals surface area contributed by atoms with E-state index < -0.39 is 0 Å². The maximum absolute atomic E-state index is 13.1. The monoisotopic (exact) mass is 472 g/mol. The first-order valence-corrected chi connectivity index (χ1v) is 12.1. The number of amides is 2. The Labute approximate surface area is 201 Å². The highest BCUT2D eigenvalue weighted by molar-refractivity contribution is 6.32. The molecule has 178 valence electrons. The van der Waals surface area contributed by atoms with E-state index in [4.69, 9.17) is 21.1 Å². The zero-order chi connectivity index (χ0) is 23.6. The van der Waals surface area contributed by atoms with Gasteiger partial charge in [0.1, 0.15) is 0 Å². The van der Waals surface area contributed by atoms with Gasteiger partial charge in [0.25, 0.3) is 5.91 Å². The van der Waals surface area contributed by atoms with Crippen LogP contribution in [-0.4, -0.2) is 61.0 Å². The summed E-state index contributed by atoms with van der Waals surface area (Å²) in [5.41, 5.74) is 1.71. The van der Waals surface area contributed by atoms with Gasteiger partial charge in [0.15, 0.2) is 11.5 Å². The Morgan fingerprint density at radius 2 is 1.67 bits per heavy atom. The highest BCUT2D eigenvalue weighted by atomic mass is 35.5. The molecule has 3 rings (SSSR count). The van der Waals surface area contributed by atoms with E-state index in [1.807, 2.05) is 36.9 Å². The van der Waals surface area contributed by atoms with Crippen molar-refractivity contribution in [1.82, 2.24) is 9.80 Å². The summed E-state index contributed by atoms with van der Waals surface area (Å²) in [6.07, 6.45) is 3.09. The predicted octanol–water partition coefficient (Wildman–Crippen LogP) is 4.83. The van der Waals surface area contributed by atoms with Crippen LogP contribution in [-0.2, 0) is 11.2 Å². The van der Waals surface area contributed by atoms with E-state index >= 15 is 0 Å². The number of hydrogen-bond donors (Lipinski definition) is 0. The molecule has 7 heteroatoms. The third-order valence-electron chi connectivity index (χ3n) is 5.63. The van der Waals surface area contributed by atoms with Crippen LogP contribution in [0, 0.1) is 0 Å². The maximum atomic E-state index is 13.1. The molecule has 0 aromatic heterocycles. The number of ether oxygens (including phenoxy) is 2. The minimum absolute atomic E-state index is 0.115. The number of rotatable bonds is 10. The Kier molecular flexibility index (Phi) is 9.43. The molecule has 0 radical (unpaired) electrons. The van der Waals surface area contributed by atoms with Gasteiger partial charge in [0, 0.05) is 38.2 Å². The van der Waals surface area contributed by atoms with Gasteiger partial charge in [0.2, 0.25) is 5.91 Å². The number of carbonyl (C=O) groups is 2. The van der Waals surface area contributed by atoms with E-state index in [-0.39, 0.29) is 11.8 Å². The average Bonchev–Trinajstić information content (AvgIpc) is 2.84. The van der Waals surface area contributed by atoms with Gasteiger partial charge in [-0.3, -0.25) is 9.59 Å². The molecule has 6 nitrogen and oxygen atoms in total. The number of piperazine rings is 1. The Bertz CT molecular complexity index is 927. The van der Waals surface area contributed by atoms with E-state index in [1.165, 1.54) is 5.56 Å². The second kappa shape index (κ2) is 12.5. The molecule has 1 aliphatic rings. The molecule has 2 aromatic carbocycles. The lowest BCUT2D eigenvalue weighted by Crippen LogP contribution is -2.50. The molecule has 0 aliphatic carbocycles. The Morgan fingerprint density at radius 3 is 2.33 bits per heavy atom. The molecule has 1 fully saturated rings. The fourth-order valence-corrected chi connectivity index (χ4v) is 4.15. The van der Waals surface area contributed by atoms with E-state index in [9.17, 15) is 9.59 Å². The van der Waals surface area contributed by atoms with Crippen LogP contribution < -0.4 is 9.47 Å². The van der Waals surface area contributed by atoms with Crippen LogP contribution in [0.3, 0.4) is 0 Å². The summed E-state index contributed by atoms with van der Waals surface area (Å²) in [5, 5.41) is 0.366. The predicted molar refractivity (Wildman–Crippen MR) is 130 cm³/mol. The lowest BCUT2D eigenvalue weighted by atomic mass is 10.1. The average molecular weight is 473 g/mol. The molecule has 0 bridgehead atoms. The van der Waals surface area contributed by atoms with Crippen molar-refractivity contribution in [1.29, 1.82) is 0 Å². The number of carbonyl (C=O) groups excluding carboxylic acids is 2. The van der Waals surface area contributed by atoms with Crippen LogP contribution >= 0.6 is 11.6 Å². The first-order valence-electron chi connectivity index (χ1n) is 11.7. The molecular formula is C26H33ClN2O4. The molecule has 2 amide bonds. The molecule has 0 saturated carbocycles. The third kappa shape index (κ3) is 6.87. The lowest BCUT2D eigenvalue weighted by Gasteiger charge is -2.35. The molecule has 1 aliphatic heterocycles. The van der Waals surface area contributed by atoms with Gasteiger partial charge >= 0.3 is 0 Å². The zero-order valence-corrected chi connectivity index (χ0v) is 20.3. The number of halogens is 1. The van der Waals surface area contributed by atoms with Gasteiger partial charge in [-0.05, 0) is 43.9 Å². The van der Waals surface area contributed by atoms with Crippen molar-refractivity contribution in [3.05, 3.63) is 58.6 Å². The maximum Gasteiger partial charge on any atom is 0.254 e. The van der Waals surface area contributed by atoms with Gasteiger partial charge in [-0.2, -0.15) is 0 Å². The molecule has 2 aromatic rings. The van der Waals surface area contributed by atoms with Crippen LogP contribution in [0.4, 0.5) is 0 Å². The quantitative estimate of drug-likeness (QED) is 0.496. The van der Waals surface area contributed by atoms with Crippen LogP contribution in [0.5, 0.6) is 11.5 Å². The van der Waals surface area contributed by atoms with E-state index in [1.54, 1.807) is 17.0 Å². The SMILES string of the molecule is CCCOc1c(Cl)cc(C(=O)N2CCN(C(=O)CCCc3ccccc3)CC2)cc1OCC. The van der Waals surface area contributed by atoms with Crippen molar-refractivity contribution in [3.63, 3.8) is 0 Å². The molecule has 0 N–H and O–H groups in total. The molecular weight excluding hydrogens is 440 g/mol. The molecule has 0 unspecified atom stereocenters. The number of aryl methyl sites for hydroxylation is 1. The van der Waals surface area contributed by atoms with Crippen LogP contribution in [0.15, 0.2) is 42.5 Å². The van der Waals surface area contributed by atoms with Crippen LogP contribution in [0.25, 0.3) is 0 Å². The molecule has 1 heterocycles. The highest BCUT2D eigenvalue weighted by Crippen LogP contribution is 2.37. The summed E-state index contributed by atoms with van der Waals surface area (Å²) >= 11 is 6.42. The number of nitrogens with zero attached hydrogens (tertiary/aromatic N) is 2. The first kappa shape index (κ1) is 24.9. The van der Waals surface area contributed by atoms with E-state index in [0.29, 0.717) is 67.9 Å². The summed E-state index contributed by atoms with van der Waals surface area (Å²) in [5.74, 6) is 0.991. The summed E-state index contributed by atoms with van der Waals surface area (Å²) in [6, 6.07) is 13.5. The molecule has 1 saturated heterocycles. The fourth-order valence-electron chi connectivity index (χ4n) is 3.89. The van der Waals surface area contributed by atoms with Gasteiger partial charge in [-0.1, -0.05) is 48.9 Å².